The number of thioether (sulfide) groups is 1. The quantitative estimate of drug-likeness (QED) is 0.496. The van der Waals surface area contributed by atoms with Crippen molar-refractivity contribution in [3.8, 4) is 0 Å². The topological polar surface area (TPSA) is 48.4 Å². The van der Waals surface area contributed by atoms with Crippen LogP contribution in [0.15, 0.2) is 58.4 Å². The highest BCUT2D eigenvalue weighted by atomic mass is 32.2. The average Bonchev–Trinajstić information content (AvgIpc) is 3.16. The third-order valence-electron chi connectivity index (χ3n) is 7.19. The maximum Gasteiger partial charge on any atom is 0.266 e. The molecule has 3 heterocycles. The SMILES string of the molecule is CCN1C(=O)/C(=C/c2ccc3c(c2)C(C)=CC(C)(C)N3C)SC1=Nc1ccc(N2CCOCC2)cc1. The van der Waals surface area contributed by atoms with E-state index in [4.69, 9.17) is 9.73 Å². The Balaban J connectivity index is 1.39. The molecule has 0 bridgehead atoms. The minimum Gasteiger partial charge on any atom is -0.378 e. The van der Waals surface area contributed by atoms with Gasteiger partial charge >= 0.3 is 0 Å². The molecule has 0 N–H and O–H groups in total. The van der Waals surface area contributed by atoms with Crippen LogP contribution in [-0.2, 0) is 9.53 Å². The summed E-state index contributed by atoms with van der Waals surface area (Å²) >= 11 is 1.45. The van der Waals surface area contributed by atoms with Crippen LogP contribution < -0.4 is 9.80 Å². The summed E-state index contributed by atoms with van der Waals surface area (Å²) in [5.74, 6) is 0.00872. The molecular weight excluding hydrogens is 468 g/mol. The second-order valence-corrected chi connectivity index (χ2v) is 11.0. The number of hydrogen-bond acceptors (Lipinski definition) is 6. The molecule has 3 aliphatic heterocycles. The van der Waals surface area contributed by atoms with Gasteiger partial charge in [-0.05, 0) is 93.1 Å². The third kappa shape index (κ3) is 4.70. The molecule has 0 unspecified atom stereocenters. The van der Waals surface area contributed by atoms with E-state index in [0.29, 0.717) is 11.4 Å². The molecule has 7 heteroatoms. The Morgan fingerprint density at radius 3 is 2.53 bits per heavy atom. The molecule has 3 aliphatic rings. The molecule has 0 spiro atoms. The highest BCUT2D eigenvalue weighted by molar-refractivity contribution is 8.18. The second kappa shape index (κ2) is 9.79. The van der Waals surface area contributed by atoms with E-state index in [1.165, 1.54) is 34.3 Å². The zero-order valence-corrected chi connectivity index (χ0v) is 22.6. The first-order valence-electron chi connectivity index (χ1n) is 12.6. The van der Waals surface area contributed by atoms with Gasteiger partial charge in [-0.2, -0.15) is 0 Å². The van der Waals surface area contributed by atoms with Gasteiger partial charge in [-0.15, -0.1) is 0 Å². The first kappa shape index (κ1) is 24.7. The summed E-state index contributed by atoms with van der Waals surface area (Å²) in [5.41, 5.74) is 6.71. The van der Waals surface area contributed by atoms with Gasteiger partial charge in [-0.1, -0.05) is 12.1 Å². The number of amides is 1. The Labute approximate surface area is 218 Å². The number of nitrogens with zero attached hydrogens (tertiary/aromatic N) is 4. The van der Waals surface area contributed by atoms with Gasteiger partial charge in [0.25, 0.3) is 5.91 Å². The number of amidine groups is 1. The summed E-state index contributed by atoms with van der Waals surface area (Å²) in [4.78, 5) is 25.1. The molecule has 6 nitrogen and oxygen atoms in total. The normalized spacial score (nSPS) is 21.9. The molecule has 1 amide bonds. The molecule has 5 rings (SSSR count). The standard InChI is InChI=1S/C29H34N4O2S/c1-6-33-27(34)26(18-21-7-12-25-24(17-21)20(2)19-29(3,4)31(25)5)36-28(33)30-22-8-10-23(11-9-22)32-13-15-35-16-14-32/h7-12,17-19H,6,13-16H2,1-5H3/b26-18-,30-28?. The van der Waals surface area contributed by atoms with Crippen LogP contribution in [0.2, 0.25) is 0 Å². The van der Waals surface area contributed by atoms with Gasteiger partial charge < -0.3 is 14.5 Å². The number of carbonyl (C=O) groups is 1. The van der Waals surface area contributed by atoms with Crippen molar-refractivity contribution in [2.24, 2.45) is 4.99 Å². The lowest BCUT2D eigenvalue weighted by atomic mass is 9.88. The summed E-state index contributed by atoms with van der Waals surface area (Å²) in [6.07, 6.45) is 4.29. The van der Waals surface area contributed by atoms with E-state index < -0.39 is 0 Å². The maximum atomic E-state index is 13.2. The van der Waals surface area contributed by atoms with Crippen molar-refractivity contribution in [1.29, 1.82) is 0 Å². The number of morpholine rings is 1. The van der Waals surface area contributed by atoms with Gasteiger partial charge in [-0.3, -0.25) is 9.69 Å². The number of allylic oxidation sites excluding steroid dienone is 1. The van der Waals surface area contributed by atoms with Crippen LogP contribution in [-0.4, -0.2) is 61.4 Å². The predicted octanol–water partition coefficient (Wildman–Crippen LogP) is 5.78. The van der Waals surface area contributed by atoms with Crippen LogP contribution in [0.4, 0.5) is 17.1 Å². The van der Waals surface area contributed by atoms with E-state index in [9.17, 15) is 4.79 Å². The third-order valence-corrected chi connectivity index (χ3v) is 8.20. The Kier molecular flexibility index (Phi) is 6.70. The van der Waals surface area contributed by atoms with Crippen LogP contribution in [0.1, 0.15) is 38.8 Å². The number of fused-ring (bicyclic) bond motifs is 1. The smallest absolute Gasteiger partial charge is 0.266 e. The molecule has 36 heavy (non-hydrogen) atoms. The number of ether oxygens (including phenoxy) is 1. The molecule has 2 aromatic carbocycles. The molecule has 0 aliphatic carbocycles. The van der Waals surface area contributed by atoms with Crippen molar-refractivity contribution in [2.45, 2.75) is 33.2 Å². The number of benzene rings is 2. The summed E-state index contributed by atoms with van der Waals surface area (Å²) in [6, 6.07) is 14.7. The fourth-order valence-corrected chi connectivity index (χ4v) is 6.02. The molecule has 188 valence electrons. The zero-order valence-electron chi connectivity index (χ0n) is 21.7. The van der Waals surface area contributed by atoms with Crippen molar-refractivity contribution >= 4 is 51.5 Å². The molecule has 0 radical (unpaired) electrons. The Morgan fingerprint density at radius 1 is 1.11 bits per heavy atom. The molecular formula is C29H34N4O2S. The zero-order chi connectivity index (χ0) is 25.4. The summed E-state index contributed by atoms with van der Waals surface area (Å²) in [5, 5.41) is 0.725. The maximum absolute atomic E-state index is 13.2. The van der Waals surface area contributed by atoms with Gasteiger partial charge in [0.1, 0.15) is 0 Å². The van der Waals surface area contributed by atoms with Crippen molar-refractivity contribution in [3.63, 3.8) is 0 Å². The van der Waals surface area contributed by atoms with Gasteiger partial charge in [-0.25, -0.2) is 4.99 Å². The lowest BCUT2D eigenvalue weighted by Crippen LogP contribution is -2.42. The number of likely N-dealkylation sites (N-methyl/N-ethyl adjacent to an activating group) is 2. The molecule has 2 saturated heterocycles. The van der Waals surface area contributed by atoms with Gasteiger partial charge in [0.05, 0.1) is 29.3 Å². The number of hydrogen-bond donors (Lipinski definition) is 0. The summed E-state index contributed by atoms with van der Waals surface area (Å²) in [6.45, 7) is 12.5. The molecule has 2 aromatic rings. The Morgan fingerprint density at radius 2 is 1.83 bits per heavy atom. The van der Waals surface area contributed by atoms with E-state index in [2.05, 4.69) is 74.0 Å². The number of aliphatic imine (C=N–C) groups is 1. The van der Waals surface area contributed by atoms with Crippen molar-refractivity contribution in [3.05, 3.63) is 64.6 Å². The van der Waals surface area contributed by atoms with Crippen LogP contribution in [0, 0.1) is 0 Å². The number of anilines is 2. The number of rotatable bonds is 4. The van der Waals surface area contributed by atoms with E-state index in [1.807, 2.05) is 25.1 Å². The highest BCUT2D eigenvalue weighted by Gasteiger charge is 2.33. The minimum atomic E-state index is -0.0261. The fourth-order valence-electron chi connectivity index (χ4n) is 4.96. The van der Waals surface area contributed by atoms with Gasteiger partial charge in [0, 0.05) is 43.6 Å². The van der Waals surface area contributed by atoms with E-state index >= 15 is 0 Å². The van der Waals surface area contributed by atoms with Crippen LogP contribution in [0.3, 0.4) is 0 Å². The monoisotopic (exact) mass is 502 g/mol. The van der Waals surface area contributed by atoms with Gasteiger partial charge in [0.15, 0.2) is 5.17 Å². The minimum absolute atomic E-state index is 0.00872. The molecule has 2 fully saturated rings. The van der Waals surface area contributed by atoms with E-state index in [1.54, 1.807) is 4.90 Å². The second-order valence-electron chi connectivity index (χ2n) is 9.99. The lowest BCUT2D eigenvalue weighted by molar-refractivity contribution is -0.122. The Hall–Kier alpha value is -3.03. The largest absolute Gasteiger partial charge is 0.378 e. The molecule has 0 saturated carbocycles. The first-order valence-corrected chi connectivity index (χ1v) is 13.4. The van der Waals surface area contributed by atoms with Crippen molar-refractivity contribution < 1.29 is 9.53 Å². The van der Waals surface area contributed by atoms with Crippen LogP contribution in [0.25, 0.3) is 11.6 Å². The lowest BCUT2D eigenvalue weighted by Gasteiger charge is -2.40. The Bertz CT molecular complexity index is 1260. The predicted molar refractivity (Wildman–Crippen MR) is 152 cm³/mol. The van der Waals surface area contributed by atoms with Crippen LogP contribution in [0.5, 0.6) is 0 Å². The van der Waals surface area contributed by atoms with Gasteiger partial charge in [0.2, 0.25) is 0 Å². The highest BCUT2D eigenvalue weighted by Crippen LogP contribution is 2.40. The first-order chi connectivity index (χ1) is 17.3. The average molecular weight is 503 g/mol. The van der Waals surface area contributed by atoms with Crippen molar-refractivity contribution in [1.82, 2.24) is 4.90 Å². The summed E-state index contributed by atoms with van der Waals surface area (Å²) in [7, 11) is 2.13. The fraction of sp³-hybridized carbons (Fsp3) is 0.379. The molecule has 0 aromatic heterocycles. The van der Waals surface area contributed by atoms with E-state index in [0.717, 1.165) is 42.7 Å². The van der Waals surface area contributed by atoms with Crippen molar-refractivity contribution in [2.75, 3.05) is 49.7 Å². The van der Waals surface area contributed by atoms with Crippen LogP contribution >= 0.6 is 11.8 Å². The molecule has 0 atom stereocenters. The number of carbonyl (C=O) groups excluding carboxylic acids is 1. The summed E-state index contributed by atoms with van der Waals surface area (Å²) < 4.78 is 5.45. The van der Waals surface area contributed by atoms with E-state index in [-0.39, 0.29) is 11.4 Å².